The molecule has 0 saturated heterocycles. The molecule has 4 heteroatoms. The van der Waals surface area contributed by atoms with E-state index in [1.165, 1.54) is 12.3 Å². The molecule has 1 aromatic rings. The van der Waals surface area contributed by atoms with Crippen molar-refractivity contribution in [3.05, 3.63) is 28.4 Å². The number of hydrogen-bond donors (Lipinski definition) is 2. The predicted molar refractivity (Wildman–Crippen MR) is 42.6 cm³/mol. The number of rotatable bonds is 1. The zero-order chi connectivity index (χ0) is 8.60. The van der Waals surface area contributed by atoms with Crippen LogP contribution in [0.15, 0.2) is 17.1 Å². The Morgan fingerprint density at radius 3 is 2.83 bits per heavy atom. The van der Waals surface area contributed by atoms with Crippen molar-refractivity contribution in [2.75, 3.05) is 0 Å². The highest BCUT2D eigenvalue weighted by Gasteiger charge is 2.38. The van der Waals surface area contributed by atoms with E-state index in [1.807, 2.05) is 0 Å². The molecular formula is C8H10N2O2. The fourth-order valence-electron chi connectivity index (χ4n) is 1.36. The lowest BCUT2D eigenvalue weighted by Crippen LogP contribution is -2.37. The van der Waals surface area contributed by atoms with Crippen molar-refractivity contribution >= 4 is 0 Å². The number of aromatic nitrogens is 2. The Hall–Kier alpha value is -1.16. The van der Waals surface area contributed by atoms with E-state index in [-0.39, 0.29) is 5.56 Å². The summed E-state index contributed by atoms with van der Waals surface area (Å²) in [6.07, 6.45) is 3.81. The molecule has 0 amide bonds. The quantitative estimate of drug-likeness (QED) is 0.623. The summed E-state index contributed by atoms with van der Waals surface area (Å²) in [5, 5.41) is 9.77. The van der Waals surface area contributed by atoms with E-state index < -0.39 is 5.60 Å². The second-order valence-electron chi connectivity index (χ2n) is 3.17. The van der Waals surface area contributed by atoms with Crippen LogP contribution in [0.5, 0.6) is 0 Å². The largest absolute Gasteiger partial charge is 0.382 e. The van der Waals surface area contributed by atoms with Gasteiger partial charge in [-0.15, -0.1) is 0 Å². The maximum atomic E-state index is 10.9. The normalized spacial score (nSPS) is 20.1. The molecule has 1 aliphatic rings. The van der Waals surface area contributed by atoms with Gasteiger partial charge in [0.25, 0.3) is 5.56 Å². The standard InChI is InChI=1S/C8H10N2O2/c11-6-2-5-9-7(10-6)8(12)3-1-4-8/h2,5,12H,1,3-4H2,(H,9,10,11). The van der Waals surface area contributed by atoms with Crippen LogP contribution in [0, 0.1) is 0 Å². The maximum Gasteiger partial charge on any atom is 0.250 e. The van der Waals surface area contributed by atoms with Crippen molar-refractivity contribution in [2.45, 2.75) is 24.9 Å². The molecule has 0 aliphatic heterocycles. The first-order chi connectivity index (χ1) is 5.71. The molecule has 0 atom stereocenters. The average molecular weight is 166 g/mol. The molecule has 0 spiro atoms. The van der Waals surface area contributed by atoms with Crippen LogP contribution in [0.3, 0.4) is 0 Å². The van der Waals surface area contributed by atoms with Crippen LogP contribution < -0.4 is 5.56 Å². The van der Waals surface area contributed by atoms with E-state index in [0.717, 1.165) is 6.42 Å². The van der Waals surface area contributed by atoms with Crippen molar-refractivity contribution in [1.82, 2.24) is 9.97 Å². The summed E-state index contributed by atoms with van der Waals surface area (Å²) in [5.41, 5.74) is -1.07. The molecule has 4 nitrogen and oxygen atoms in total. The van der Waals surface area contributed by atoms with E-state index in [0.29, 0.717) is 18.7 Å². The van der Waals surface area contributed by atoms with Crippen molar-refractivity contribution in [3.63, 3.8) is 0 Å². The fraction of sp³-hybridized carbons (Fsp3) is 0.500. The SMILES string of the molecule is O=c1ccnc(C2(O)CCC2)[nH]1. The molecule has 12 heavy (non-hydrogen) atoms. The summed E-state index contributed by atoms with van der Waals surface area (Å²) in [4.78, 5) is 17.3. The number of hydrogen-bond acceptors (Lipinski definition) is 3. The van der Waals surface area contributed by atoms with Crippen molar-refractivity contribution in [2.24, 2.45) is 0 Å². The topological polar surface area (TPSA) is 66.0 Å². The molecule has 1 fully saturated rings. The Morgan fingerprint density at radius 1 is 1.58 bits per heavy atom. The van der Waals surface area contributed by atoms with E-state index in [9.17, 15) is 9.90 Å². The Balaban J connectivity index is 2.39. The first kappa shape index (κ1) is 7.49. The molecule has 0 unspecified atom stereocenters. The van der Waals surface area contributed by atoms with Gasteiger partial charge in [0.15, 0.2) is 0 Å². The third kappa shape index (κ3) is 1.04. The highest BCUT2D eigenvalue weighted by atomic mass is 16.3. The van der Waals surface area contributed by atoms with Crippen LogP contribution in [0.25, 0.3) is 0 Å². The summed E-state index contributed by atoms with van der Waals surface area (Å²) in [6.45, 7) is 0. The summed E-state index contributed by atoms with van der Waals surface area (Å²) in [5.74, 6) is 0.404. The highest BCUT2D eigenvalue weighted by Crippen LogP contribution is 2.38. The Bertz CT molecular complexity index is 341. The number of H-pyrrole nitrogens is 1. The van der Waals surface area contributed by atoms with Gasteiger partial charge in [0.05, 0.1) is 0 Å². The summed E-state index contributed by atoms with van der Waals surface area (Å²) in [6, 6.07) is 1.34. The third-order valence-electron chi connectivity index (χ3n) is 2.29. The number of nitrogens with one attached hydrogen (secondary N) is 1. The van der Waals surface area contributed by atoms with E-state index in [4.69, 9.17) is 0 Å². The summed E-state index contributed by atoms with van der Waals surface area (Å²) in [7, 11) is 0. The van der Waals surface area contributed by atoms with Crippen LogP contribution in [0.1, 0.15) is 25.1 Å². The lowest BCUT2D eigenvalue weighted by atomic mass is 9.79. The lowest BCUT2D eigenvalue weighted by molar-refractivity contribution is -0.0469. The van der Waals surface area contributed by atoms with Gasteiger partial charge < -0.3 is 10.1 Å². The highest BCUT2D eigenvalue weighted by molar-refractivity contribution is 5.06. The average Bonchev–Trinajstić information content (AvgIpc) is 2.00. The van der Waals surface area contributed by atoms with Crippen LogP contribution in [-0.2, 0) is 5.60 Å². The van der Waals surface area contributed by atoms with Crippen LogP contribution >= 0.6 is 0 Å². The zero-order valence-electron chi connectivity index (χ0n) is 6.58. The number of aliphatic hydroxyl groups is 1. The minimum atomic E-state index is -0.861. The molecule has 0 radical (unpaired) electrons. The number of nitrogens with zero attached hydrogens (tertiary/aromatic N) is 1. The van der Waals surface area contributed by atoms with Gasteiger partial charge in [0.2, 0.25) is 0 Å². The van der Waals surface area contributed by atoms with Crippen molar-refractivity contribution in [1.29, 1.82) is 0 Å². The Labute approximate surface area is 69.3 Å². The smallest absolute Gasteiger partial charge is 0.250 e. The molecule has 1 heterocycles. The summed E-state index contributed by atoms with van der Waals surface area (Å²) >= 11 is 0. The first-order valence-corrected chi connectivity index (χ1v) is 3.99. The van der Waals surface area contributed by atoms with Crippen LogP contribution in [0.2, 0.25) is 0 Å². The second kappa shape index (κ2) is 2.42. The second-order valence-corrected chi connectivity index (χ2v) is 3.17. The minimum absolute atomic E-state index is 0.208. The van der Waals surface area contributed by atoms with Gasteiger partial charge in [-0.2, -0.15) is 0 Å². The lowest BCUT2D eigenvalue weighted by Gasteiger charge is -2.34. The van der Waals surface area contributed by atoms with Gasteiger partial charge in [-0.3, -0.25) is 4.79 Å². The van der Waals surface area contributed by atoms with Gasteiger partial charge in [0, 0.05) is 12.3 Å². The molecule has 64 valence electrons. The Morgan fingerprint density at radius 2 is 2.33 bits per heavy atom. The van der Waals surface area contributed by atoms with Gasteiger partial charge in [-0.25, -0.2) is 4.98 Å². The summed E-state index contributed by atoms with van der Waals surface area (Å²) < 4.78 is 0. The van der Waals surface area contributed by atoms with E-state index in [1.54, 1.807) is 0 Å². The van der Waals surface area contributed by atoms with Crippen LogP contribution in [-0.4, -0.2) is 15.1 Å². The van der Waals surface area contributed by atoms with E-state index in [2.05, 4.69) is 9.97 Å². The van der Waals surface area contributed by atoms with Gasteiger partial charge in [0.1, 0.15) is 11.4 Å². The molecule has 0 aromatic carbocycles. The molecule has 2 rings (SSSR count). The van der Waals surface area contributed by atoms with Crippen LogP contribution in [0.4, 0.5) is 0 Å². The Kier molecular flexibility index (Phi) is 1.51. The first-order valence-electron chi connectivity index (χ1n) is 3.99. The maximum absolute atomic E-state index is 10.9. The van der Waals surface area contributed by atoms with Gasteiger partial charge >= 0.3 is 0 Å². The molecule has 2 N–H and O–H groups in total. The fourth-order valence-corrected chi connectivity index (χ4v) is 1.36. The molecule has 1 saturated carbocycles. The van der Waals surface area contributed by atoms with E-state index >= 15 is 0 Å². The number of aromatic amines is 1. The molecule has 0 bridgehead atoms. The van der Waals surface area contributed by atoms with Crippen molar-refractivity contribution < 1.29 is 5.11 Å². The minimum Gasteiger partial charge on any atom is -0.382 e. The molecule has 1 aliphatic carbocycles. The van der Waals surface area contributed by atoms with Gasteiger partial charge in [-0.1, -0.05) is 0 Å². The zero-order valence-corrected chi connectivity index (χ0v) is 6.58. The predicted octanol–water partition coefficient (Wildman–Crippen LogP) is 0.141. The molecule has 1 aromatic heterocycles. The third-order valence-corrected chi connectivity index (χ3v) is 2.29. The molecular weight excluding hydrogens is 156 g/mol. The van der Waals surface area contributed by atoms with Crippen molar-refractivity contribution in [3.8, 4) is 0 Å². The van der Waals surface area contributed by atoms with Gasteiger partial charge in [-0.05, 0) is 19.3 Å². The monoisotopic (exact) mass is 166 g/mol.